The molecular formula is C12H17N5. The lowest BCUT2D eigenvalue weighted by Crippen LogP contribution is -2.45. The van der Waals surface area contributed by atoms with Crippen molar-refractivity contribution in [1.82, 2.24) is 19.8 Å². The van der Waals surface area contributed by atoms with E-state index in [0.29, 0.717) is 6.04 Å². The van der Waals surface area contributed by atoms with Crippen LogP contribution in [-0.4, -0.2) is 40.6 Å². The maximum Gasteiger partial charge on any atom is 0.140 e. The highest BCUT2D eigenvalue weighted by Crippen LogP contribution is 2.37. The third-order valence-electron chi connectivity index (χ3n) is 3.56. The Bertz CT molecular complexity index is 422. The summed E-state index contributed by atoms with van der Waals surface area (Å²) in [5, 5.41) is 12.7. The molecule has 2 fully saturated rings. The summed E-state index contributed by atoms with van der Waals surface area (Å²) in [6.45, 7) is 3.81. The van der Waals surface area contributed by atoms with E-state index < -0.39 is 0 Å². The van der Waals surface area contributed by atoms with Gasteiger partial charge in [0.25, 0.3) is 0 Å². The zero-order valence-corrected chi connectivity index (χ0v) is 9.84. The standard InChI is InChI=1S/C12H17N5/c13-7-11(16-5-3-14-4-6-16)12-8-15-9-17(12)10-1-2-10/h8-11,14H,1-6H2. The zero-order chi connectivity index (χ0) is 11.7. The number of nitrogens with zero attached hydrogens (tertiary/aromatic N) is 4. The van der Waals surface area contributed by atoms with Gasteiger partial charge in [-0.15, -0.1) is 0 Å². The van der Waals surface area contributed by atoms with Crippen molar-refractivity contribution in [2.24, 2.45) is 0 Å². The number of rotatable bonds is 3. The molecule has 1 saturated carbocycles. The van der Waals surface area contributed by atoms with Crippen LogP contribution < -0.4 is 5.32 Å². The molecule has 1 aromatic heterocycles. The molecule has 1 aliphatic heterocycles. The van der Waals surface area contributed by atoms with E-state index in [4.69, 9.17) is 0 Å². The predicted octanol–water partition coefficient (Wildman–Crippen LogP) is 0.688. The summed E-state index contributed by atoms with van der Waals surface area (Å²) in [5.41, 5.74) is 1.07. The maximum atomic E-state index is 9.42. The second-order valence-corrected chi connectivity index (χ2v) is 4.77. The molecule has 1 saturated heterocycles. The summed E-state index contributed by atoms with van der Waals surface area (Å²) in [4.78, 5) is 6.46. The first-order chi connectivity index (χ1) is 8.40. The first kappa shape index (κ1) is 10.8. The molecule has 2 aliphatic rings. The molecule has 1 atom stereocenters. The van der Waals surface area contributed by atoms with Crippen LogP contribution in [0.5, 0.6) is 0 Å². The first-order valence-corrected chi connectivity index (χ1v) is 6.26. The molecule has 0 radical (unpaired) electrons. The Morgan fingerprint density at radius 1 is 1.41 bits per heavy atom. The summed E-state index contributed by atoms with van der Waals surface area (Å²) in [6, 6.07) is 2.88. The number of nitriles is 1. The van der Waals surface area contributed by atoms with Crippen molar-refractivity contribution >= 4 is 0 Å². The monoisotopic (exact) mass is 231 g/mol. The van der Waals surface area contributed by atoms with Gasteiger partial charge in [0.05, 0.1) is 24.3 Å². The van der Waals surface area contributed by atoms with Crippen molar-refractivity contribution in [3.63, 3.8) is 0 Å². The fraction of sp³-hybridized carbons (Fsp3) is 0.667. The van der Waals surface area contributed by atoms with E-state index in [-0.39, 0.29) is 6.04 Å². The zero-order valence-electron chi connectivity index (χ0n) is 9.84. The number of nitrogens with one attached hydrogen (secondary N) is 1. The topological polar surface area (TPSA) is 56.9 Å². The molecule has 1 aromatic rings. The van der Waals surface area contributed by atoms with Crippen molar-refractivity contribution in [1.29, 1.82) is 5.26 Å². The molecular weight excluding hydrogens is 214 g/mol. The molecule has 0 bridgehead atoms. The normalized spacial score (nSPS) is 23.2. The van der Waals surface area contributed by atoms with Crippen LogP contribution in [0.1, 0.15) is 30.6 Å². The molecule has 2 heterocycles. The first-order valence-electron chi connectivity index (χ1n) is 6.26. The van der Waals surface area contributed by atoms with Crippen molar-refractivity contribution < 1.29 is 0 Å². The minimum absolute atomic E-state index is 0.139. The molecule has 17 heavy (non-hydrogen) atoms. The van der Waals surface area contributed by atoms with Gasteiger partial charge in [-0.05, 0) is 12.8 Å². The number of hydrogen-bond acceptors (Lipinski definition) is 4. The molecule has 5 nitrogen and oxygen atoms in total. The van der Waals surface area contributed by atoms with Crippen LogP contribution in [0.4, 0.5) is 0 Å². The van der Waals surface area contributed by atoms with E-state index in [2.05, 4.69) is 25.8 Å². The van der Waals surface area contributed by atoms with Gasteiger partial charge in [0.2, 0.25) is 0 Å². The fourth-order valence-corrected chi connectivity index (χ4v) is 2.46. The van der Waals surface area contributed by atoms with E-state index in [0.717, 1.165) is 31.9 Å². The molecule has 3 rings (SSSR count). The van der Waals surface area contributed by atoms with Gasteiger partial charge in [-0.1, -0.05) is 0 Å². The second kappa shape index (κ2) is 4.47. The smallest absolute Gasteiger partial charge is 0.140 e. The Hall–Kier alpha value is -1.38. The SMILES string of the molecule is N#CC(c1cncn1C1CC1)N1CCNCC1. The number of hydrogen-bond donors (Lipinski definition) is 1. The number of piperazine rings is 1. The van der Waals surface area contributed by atoms with Crippen LogP contribution in [0.2, 0.25) is 0 Å². The third-order valence-corrected chi connectivity index (χ3v) is 3.56. The maximum absolute atomic E-state index is 9.42. The quantitative estimate of drug-likeness (QED) is 0.831. The lowest BCUT2D eigenvalue weighted by atomic mass is 10.2. The van der Waals surface area contributed by atoms with Gasteiger partial charge in [0.1, 0.15) is 6.04 Å². The van der Waals surface area contributed by atoms with E-state index in [1.165, 1.54) is 12.8 Å². The van der Waals surface area contributed by atoms with Crippen LogP contribution in [0.15, 0.2) is 12.5 Å². The Morgan fingerprint density at radius 3 is 2.82 bits per heavy atom. The Morgan fingerprint density at radius 2 is 2.18 bits per heavy atom. The molecule has 1 aliphatic carbocycles. The van der Waals surface area contributed by atoms with Gasteiger partial charge < -0.3 is 9.88 Å². The molecule has 1 N–H and O–H groups in total. The molecule has 90 valence electrons. The molecule has 0 spiro atoms. The van der Waals surface area contributed by atoms with Crippen LogP contribution in [0.25, 0.3) is 0 Å². The number of aromatic nitrogens is 2. The van der Waals surface area contributed by atoms with E-state index in [9.17, 15) is 5.26 Å². The van der Waals surface area contributed by atoms with E-state index >= 15 is 0 Å². The van der Waals surface area contributed by atoms with Crippen molar-refractivity contribution in [3.8, 4) is 6.07 Å². The molecule has 1 unspecified atom stereocenters. The van der Waals surface area contributed by atoms with Crippen molar-refractivity contribution in [2.75, 3.05) is 26.2 Å². The summed E-state index contributed by atoms with van der Waals surface area (Å²) in [7, 11) is 0. The van der Waals surface area contributed by atoms with E-state index in [1.54, 1.807) is 0 Å². The average Bonchev–Trinajstić information content (AvgIpc) is 3.12. The van der Waals surface area contributed by atoms with Gasteiger partial charge >= 0.3 is 0 Å². The van der Waals surface area contributed by atoms with Gasteiger partial charge in [-0.2, -0.15) is 5.26 Å². The average molecular weight is 231 g/mol. The van der Waals surface area contributed by atoms with Gasteiger partial charge in [0, 0.05) is 32.2 Å². The van der Waals surface area contributed by atoms with Crippen molar-refractivity contribution in [3.05, 3.63) is 18.2 Å². The lowest BCUT2D eigenvalue weighted by molar-refractivity contribution is 0.201. The highest BCUT2D eigenvalue weighted by atomic mass is 15.2. The predicted molar refractivity (Wildman–Crippen MR) is 63.3 cm³/mol. The highest BCUT2D eigenvalue weighted by molar-refractivity contribution is 5.16. The molecule has 0 aromatic carbocycles. The molecule has 5 heteroatoms. The van der Waals surface area contributed by atoms with Gasteiger partial charge in [0.15, 0.2) is 0 Å². The van der Waals surface area contributed by atoms with Crippen molar-refractivity contribution in [2.45, 2.75) is 24.9 Å². The van der Waals surface area contributed by atoms with Crippen LogP contribution in [0, 0.1) is 11.3 Å². The summed E-state index contributed by atoms with van der Waals surface area (Å²) >= 11 is 0. The Kier molecular flexibility index (Phi) is 2.83. The van der Waals surface area contributed by atoms with Crippen LogP contribution in [0.3, 0.4) is 0 Å². The third kappa shape index (κ3) is 2.06. The lowest BCUT2D eigenvalue weighted by Gasteiger charge is -2.31. The Balaban J connectivity index is 1.83. The summed E-state index contributed by atoms with van der Waals surface area (Å²) < 4.78 is 2.19. The largest absolute Gasteiger partial charge is 0.329 e. The minimum Gasteiger partial charge on any atom is -0.329 e. The highest BCUT2D eigenvalue weighted by Gasteiger charge is 2.30. The minimum atomic E-state index is -0.139. The molecule has 0 amide bonds. The van der Waals surface area contributed by atoms with Crippen LogP contribution >= 0.6 is 0 Å². The van der Waals surface area contributed by atoms with Gasteiger partial charge in [-0.25, -0.2) is 4.98 Å². The summed E-state index contributed by atoms with van der Waals surface area (Å²) in [6.07, 6.45) is 6.18. The van der Waals surface area contributed by atoms with E-state index in [1.807, 2.05) is 12.5 Å². The number of imidazole rings is 1. The Labute approximate surface area is 101 Å². The fourth-order valence-electron chi connectivity index (χ4n) is 2.46. The van der Waals surface area contributed by atoms with Gasteiger partial charge in [-0.3, -0.25) is 4.90 Å². The van der Waals surface area contributed by atoms with Crippen LogP contribution in [-0.2, 0) is 0 Å². The second-order valence-electron chi connectivity index (χ2n) is 4.77. The summed E-state index contributed by atoms with van der Waals surface area (Å²) in [5.74, 6) is 0.